The second-order valence-electron chi connectivity index (χ2n) is 4.68. The van der Waals surface area contributed by atoms with Crippen molar-refractivity contribution in [2.45, 2.75) is 19.3 Å². The van der Waals surface area contributed by atoms with Gasteiger partial charge in [-0.3, -0.25) is 4.98 Å². The standard InChI is InChI=1S/C13H20BrN3/c1-15-5-2-11-3-6-17(7-4-11)13-8-12(14)9-16-10-13/h8-11,15H,2-7H2,1H3. The minimum absolute atomic E-state index is 0.888. The van der Waals surface area contributed by atoms with Crippen molar-refractivity contribution in [1.82, 2.24) is 10.3 Å². The maximum atomic E-state index is 4.23. The molecule has 0 spiro atoms. The number of piperidine rings is 1. The fourth-order valence-electron chi connectivity index (χ4n) is 2.40. The van der Waals surface area contributed by atoms with E-state index in [0.29, 0.717) is 0 Å². The van der Waals surface area contributed by atoms with Gasteiger partial charge in [0.15, 0.2) is 0 Å². The lowest BCUT2D eigenvalue weighted by Gasteiger charge is -2.33. The van der Waals surface area contributed by atoms with Gasteiger partial charge in [0.2, 0.25) is 0 Å². The van der Waals surface area contributed by atoms with Crippen LogP contribution in [-0.2, 0) is 0 Å². The van der Waals surface area contributed by atoms with E-state index in [1.807, 2.05) is 19.4 Å². The Morgan fingerprint density at radius 3 is 2.82 bits per heavy atom. The fourth-order valence-corrected chi connectivity index (χ4v) is 2.75. The Morgan fingerprint density at radius 1 is 1.41 bits per heavy atom. The molecule has 0 unspecified atom stereocenters. The third-order valence-corrected chi connectivity index (χ3v) is 3.91. The molecule has 0 bridgehead atoms. The highest BCUT2D eigenvalue weighted by Crippen LogP contribution is 2.25. The van der Waals surface area contributed by atoms with Crippen molar-refractivity contribution in [3.05, 3.63) is 22.9 Å². The molecule has 0 atom stereocenters. The largest absolute Gasteiger partial charge is 0.370 e. The Morgan fingerprint density at radius 2 is 2.18 bits per heavy atom. The van der Waals surface area contributed by atoms with Crippen molar-refractivity contribution in [1.29, 1.82) is 0 Å². The van der Waals surface area contributed by atoms with Gasteiger partial charge in [0.05, 0.1) is 11.9 Å². The van der Waals surface area contributed by atoms with Gasteiger partial charge < -0.3 is 10.2 Å². The fraction of sp³-hybridized carbons (Fsp3) is 0.615. The van der Waals surface area contributed by atoms with Crippen LogP contribution >= 0.6 is 15.9 Å². The molecule has 0 aromatic carbocycles. The summed E-state index contributed by atoms with van der Waals surface area (Å²) in [7, 11) is 2.03. The van der Waals surface area contributed by atoms with Crippen LogP contribution in [0.1, 0.15) is 19.3 Å². The van der Waals surface area contributed by atoms with Crippen LogP contribution in [-0.4, -0.2) is 31.7 Å². The second kappa shape index (κ2) is 6.36. The normalized spacial score (nSPS) is 17.4. The summed E-state index contributed by atoms with van der Waals surface area (Å²) in [5.41, 5.74) is 1.24. The maximum absolute atomic E-state index is 4.23. The van der Waals surface area contributed by atoms with Crippen LogP contribution in [0.25, 0.3) is 0 Å². The van der Waals surface area contributed by atoms with Gasteiger partial charge in [-0.25, -0.2) is 0 Å². The Hall–Kier alpha value is -0.610. The number of pyridine rings is 1. The monoisotopic (exact) mass is 297 g/mol. The molecule has 94 valence electrons. The van der Waals surface area contributed by atoms with Crippen molar-refractivity contribution in [3.8, 4) is 0 Å². The van der Waals surface area contributed by atoms with Gasteiger partial charge in [0.1, 0.15) is 0 Å². The molecule has 2 heterocycles. The first-order chi connectivity index (χ1) is 8.29. The molecule has 0 radical (unpaired) electrons. The van der Waals surface area contributed by atoms with E-state index in [1.165, 1.54) is 24.9 Å². The van der Waals surface area contributed by atoms with E-state index in [-0.39, 0.29) is 0 Å². The molecule has 17 heavy (non-hydrogen) atoms. The van der Waals surface area contributed by atoms with E-state index < -0.39 is 0 Å². The van der Waals surface area contributed by atoms with Crippen LogP contribution in [0, 0.1) is 5.92 Å². The number of anilines is 1. The first-order valence-electron chi connectivity index (χ1n) is 6.29. The molecule has 0 saturated carbocycles. The number of hydrogen-bond donors (Lipinski definition) is 1. The highest BCUT2D eigenvalue weighted by Gasteiger charge is 2.19. The van der Waals surface area contributed by atoms with Gasteiger partial charge in [-0.1, -0.05) is 0 Å². The van der Waals surface area contributed by atoms with Crippen molar-refractivity contribution in [2.24, 2.45) is 5.92 Å². The van der Waals surface area contributed by atoms with E-state index in [9.17, 15) is 0 Å². The topological polar surface area (TPSA) is 28.2 Å². The zero-order valence-corrected chi connectivity index (χ0v) is 11.9. The van der Waals surface area contributed by atoms with Crippen LogP contribution in [0.3, 0.4) is 0 Å². The summed E-state index contributed by atoms with van der Waals surface area (Å²) in [5.74, 6) is 0.888. The number of nitrogens with zero attached hydrogens (tertiary/aromatic N) is 2. The molecular formula is C13H20BrN3. The van der Waals surface area contributed by atoms with Crippen molar-refractivity contribution >= 4 is 21.6 Å². The number of rotatable bonds is 4. The zero-order chi connectivity index (χ0) is 12.1. The molecule has 2 rings (SSSR count). The lowest BCUT2D eigenvalue weighted by Crippen LogP contribution is -2.34. The molecule has 1 saturated heterocycles. The average molecular weight is 298 g/mol. The third kappa shape index (κ3) is 3.68. The van der Waals surface area contributed by atoms with E-state index in [1.54, 1.807) is 0 Å². The van der Waals surface area contributed by atoms with Crippen LogP contribution < -0.4 is 10.2 Å². The molecule has 1 aromatic rings. The molecule has 0 aliphatic carbocycles. The number of aromatic nitrogens is 1. The summed E-state index contributed by atoms with van der Waals surface area (Å²) >= 11 is 3.48. The van der Waals surface area contributed by atoms with Crippen LogP contribution in [0.5, 0.6) is 0 Å². The summed E-state index contributed by atoms with van der Waals surface area (Å²) in [6.07, 6.45) is 7.70. The molecule has 1 aliphatic rings. The Balaban J connectivity index is 1.86. The van der Waals surface area contributed by atoms with E-state index in [0.717, 1.165) is 30.0 Å². The van der Waals surface area contributed by atoms with Gasteiger partial charge in [0, 0.05) is 23.8 Å². The molecule has 0 amide bonds. The average Bonchev–Trinajstić information content (AvgIpc) is 2.37. The second-order valence-corrected chi connectivity index (χ2v) is 5.60. The highest BCUT2D eigenvalue weighted by atomic mass is 79.9. The third-order valence-electron chi connectivity index (χ3n) is 3.47. The van der Waals surface area contributed by atoms with Crippen molar-refractivity contribution in [3.63, 3.8) is 0 Å². The van der Waals surface area contributed by atoms with Crippen LogP contribution in [0.15, 0.2) is 22.9 Å². The maximum Gasteiger partial charge on any atom is 0.0564 e. The van der Waals surface area contributed by atoms with Crippen molar-refractivity contribution < 1.29 is 0 Å². The SMILES string of the molecule is CNCCC1CCN(c2cncc(Br)c2)CC1. The Labute approximate surface area is 112 Å². The molecule has 1 fully saturated rings. The molecule has 4 heteroatoms. The molecule has 1 N–H and O–H groups in total. The summed E-state index contributed by atoms with van der Waals surface area (Å²) in [4.78, 5) is 6.67. The quantitative estimate of drug-likeness (QED) is 0.926. The molecule has 3 nitrogen and oxygen atoms in total. The van der Waals surface area contributed by atoms with E-state index in [2.05, 4.69) is 37.2 Å². The van der Waals surface area contributed by atoms with Gasteiger partial charge in [-0.15, -0.1) is 0 Å². The summed E-state index contributed by atoms with van der Waals surface area (Å²) in [6, 6.07) is 2.15. The van der Waals surface area contributed by atoms with Crippen LogP contribution in [0.4, 0.5) is 5.69 Å². The molecule has 1 aromatic heterocycles. The summed E-state index contributed by atoms with van der Waals surface area (Å²) in [5, 5.41) is 3.24. The number of hydrogen-bond acceptors (Lipinski definition) is 3. The van der Waals surface area contributed by atoms with Gasteiger partial charge >= 0.3 is 0 Å². The molecule has 1 aliphatic heterocycles. The summed E-state index contributed by atoms with van der Waals surface area (Å²) < 4.78 is 1.06. The predicted octanol–water partition coefficient (Wildman–Crippen LogP) is 2.67. The number of nitrogens with one attached hydrogen (secondary N) is 1. The predicted molar refractivity (Wildman–Crippen MR) is 75.4 cm³/mol. The first-order valence-corrected chi connectivity index (χ1v) is 7.09. The lowest BCUT2D eigenvalue weighted by atomic mass is 9.93. The molecular weight excluding hydrogens is 278 g/mol. The minimum atomic E-state index is 0.888. The van der Waals surface area contributed by atoms with Gasteiger partial charge in [-0.05, 0) is 60.8 Å². The van der Waals surface area contributed by atoms with Gasteiger partial charge in [-0.2, -0.15) is 0 Å². The number of halogens is 1. The lowest BCUT2D eigenvalue weighted by molar-refractivity contribution is 0.378. The van der Waals surface area contributed by atoms with Crippen LogP contribution in [0.2, 0.25) is 0 Å². The minimum Gasteiger partial charge on any atom is -0.370 e. The van der Waals surface area contributed by atoms with Crippen molar-refractivity contribution in [2.75, 3.05) is 31.6 Å². The first kappa shape index (κ1) is 12.8. The van der Waals surface area contributed by atoms with E-state index in [4.69, 9.17) is 0 Å². The smallest absolute Gasteiger partial charge is 0.0564 e. The Kier molecular flexibility index (Phi) is 4.80. The summed E-state index contributed by atoms with van der Waals surface area (Å²) in [6.45, 7) is 3.46. The van der Waals surface area contributed by atoms with E-state index >= 15 is 0 Å². The highest BCUT2D eigenvalue weighted by molar-refractivity contribution is 9.10. The zero-order valence-electron chi connectivity index (χ0n) is 10.3. The van der Waals surface area contributed by atoms with Gasteiger partial charge in [0.25, 0.3) is 0 Å². The Bertz CT molecular complexity index is 348.